The molecule has 0 aliphatic heterocycles. The van der Waals surface area contributed by atoms with Gasteiger partial charge in [-0.2, -0.15) is 8.42 Å². The maximum Gasteiger partial charge on any atom is 0.264 e. The third kappa shape index (κ3) is 6.32. The molecule has 10 heteroatoms. The Bertz CT molecular complexity index is 1210. The molecule has 0 aliphatic rings. The number of rotatable bonds is 10. The number of nitrogens with one attached hydrogen (secondary N) is 1. The van der Waals surface area contributed by atoms with Gasteiger partial charge in [0.2, 0.25) is 5.78 Å². The topological polar surface area (TPSA) is 98.3 Å². The van der Waals surface area contributed by atoms with Gasteiger partial charge in [-0.3, -0.25) is 8.98 Å². The third-order valence-corrected chi connectivity index (χ3v) is 6.17. The van der Waals surface area contributed by atoms with Crippen LogP contribution in [0.5, 0.6) is 5.75 Å². The standard InChI is InChI=1S/C22H22Cl2N2O5S/c1-30-20-6-4-3-5-17(20)21(27)22-25-13-16(26-22)11-15(9-10-31-32(2,28)29)14-7-8-18(23)19(24)12-14/h3-8,12-13,15H,9-11H2,1-2H3,(H,25,26). The number of benzene rings is 2. The summed E-state index contributed by atoms with van der Waals surface area (Å²) < 4.78 is 32.9. The van der Waals surface area contributed by atoms with Gasteiger partial charge in [0.05, 0.1) is 35.6 Å². The van der Waals surface area contributed by atoms with Crippen molar-refractivity contribution in [3.8, 4) is 5.75 Å². The highest BCUT2D eigenvalue weighted by atomic mass is 35.5. The zero-order valence-corrected chi connectivity index (χ0v) is 19.8. The largest absolute Gasteiger partial charge is 0.496 e. The lowest BCUT2D eigenvalue weighted by Crippen LogP contribution is -2.11. The van der Waals surface area contributed by atoms with Crippen LogP contribution < -0.4 is 4.74 Å². The van der Waals surface area contributed by atoms with E-state index in [0.717, 1.165) is 11.8 Å². The zero-order chi connectivity index (χ0) is 23.3. The molecule has 1 aromatic heterocycles. The summed E-state index contributed by atoms with van der Waals surface area (Å²) in [6.07, 6.45) is 3.45. The number of H-pyrrole nitrogens is 1. The van der Waals surface area contributed by atoms with E-state index in [2.05, 4.69) is 9.97 Å². The van der Waals surface area contributed by atoms with Gasteiger partial charge < -0.3 is 9.72 Å². The van der Waals surface area contributed by atoms with Crippen molar-refractivity contribution in [1.82, 2.24) is 9.97 Å². The predicted octanol–water partition coefficient (Wildman–Crippen LogP) is 4.65. The molecule has 0 spiro atoms. The summed E-state index contributed by atoms with van der Waals surface area (Å²) in [6.45, 7) is 0.00485. The van der Waals surface area contributed by atoms with Crippen molar-refractivity contribution >= 4 is 39.1 Å². The van der Waals surface area contributed by atoms with E-state index in [0.29, 0.717) is 39.9 Å². The Morgan fingerprint density at radius 2 is 1.91 bits per heavy atom. The van der Waals surface area contributed by atoms with E-state index in [9.17, 15) is 13.2 Å². The van der Waals surface area contributed by atoms with E-state index in [4.69, 9.17) is 32.1 Å². The smallest absolute Gasteiger partial charge is 0.264 e. The van der Waals surface area contributed by atoms with Crippen LogP contribution in [-0.4, -0.2) is 44.1 Å². The second-order valence-electron chi connectivity index (χ2n) is 7.18. The normalized spacial score (nSPS) is 12.5. The Morgan fingerprint density at radius 1 is 1.16 bits per heavy atom. The molecule has 0 saturated carbocycles. The number of para-hydroxylation sites is 1. The zero-order valence-electron chi connectivity index (χ0n) is 17.5. The summed E-state index contributed by atoms with van der Waals surface area (Å²) in [6, 6.07) is 12.2. The van der Waals surface area contributed by atoms with Gasteiger partial charge in [0.25, 0.3) is 10.1 Å². The quantitative estimate of drug-likeness (QED) is 0.324. The molecular formula is C22H22Cl2N2O5S. The highest BCUT2D eigenvalue weighted by molar-refractivity contribution is 7.85. The fraction of sp³-hybridized carbons (Fsp3) is 0.273. The van der Waals surface area contributed by atoms with Gasteiger partial charge in [-0.05, 0) is 48.6 Å². The molecule has 0 saturated heterocycles. The van der Waals surface area contributed by atoms with E-state index in [-0.39, 0.29) is 24.1 Å². The number of carbonyl (C=O) groups is 1. The molecule has 0 fully saturated rings. The minimum absolute atomic E-state index is 0.00485. The molecule has 170 valence electrons. The summed E-state index contributed by atoms with van der Waals surface area (Å²) in [5.41, 5.74) is 1.97. The number of carbonyl (C=O) groups excluding carboxylic acids is 1. The summed E-state index contributed by atoms with van der Waals surface area (Å²) in [4.78, 5) is 20.2. The third-order valence-electron chi connectivity index (χ3n) is 4.84. The van der Waals surface area contributed by atoms with E-state index >= 15 is 0 Å². The molecule has 3 aromatic rings. The first-order valence-corrected chi connectivity index (χ1v) is 12.3. The van der Waals surface area contributed by atoms with Gasteiger partial charge in [0.1, 0.15) is 5.75 Å². The number of methoxy groups -OCH3 is 1. The van der Waals surface area contributed by atoms with Crippen LogP contribution in [0.25, 0.3) is 0 Å². The monoisotopic (exact) mass is 496 g/mol. The minimum Gasteiger partial charge on any atom is -0.496 e. The van der Waals surface area contributed by atoms with Crippen molar-refractivity contribution in [2.45, 2.75) is 18.8 Å². The maximum absolute atomic E-state index is 12.9. The Balaban J connectivity index is 1.82. The number of imidazole rings is 1. The van der Waals surface area contributed by atoms with Gasteiger partial charge in [0, 0.05) is 11.9 Å². The molecule has 1 unspecified atom stereocenters. The van der Waals surface area contributed by atoms with Crippen molar-refractivity contribution in [2.24, 2.45) is 0 Å². The summed E-state index contributed by atoms with van der Waals surface area (Å²) in [5, 5.41) is 0.822. The number of ketones is 1. The summed E-state index contributed by atoms with van der Waals surface area (Å²) in [5.74, 6) is 0.202. The molecule has 32 heavy (non-hydrogen) atoms. The van der Waals surface area contributed by atoms with Gasteiger partial charge in [-0.25, -0.2) is 4.98 Å². The number of aromatic amines is 1. The first-order valence-electron chi connectivity index (χ1n) is 9.69. The Morgan fingerprint density at radius 3 is 2.59 bits per heavy atom. The first kappa shape index (κ1) is 24.3. The number of ether oxygens (including phenoxy) is 1. The number of halogens is 2. The molecule has 3 rings (SSSR count). The fourth-order valence-electron chi connectivity index (χ4n) is 3.30. The lowest BCUT2D eigenvalue weighted by molar-refractivity contribution is 0.102. The van der Waals surface area contributed by atoms with Crippen molar-refractivity contribution < 1.29 is 22.1 Å². The summed E-state index contributed by atoms with van der Waals surface area (Å²) in [7, 11) is -2.06. The Labute approximate surface area is 196 Å². The van der Waals surface area contributed by atoms with Crippen LogP contribution in [0.3, 0.4) is 0 Å². The van der Waals surface area contributed by atoms with Gasteiger partial charge in [-0.15, -0.1) is 0 Å². The first-order chi connectivity index (χ1) is 15.2. The van der Waals surface area contributed by atoms with Crippen LogP contribution in [0.15, 0.2) is 48.7 Å². The highest BCUT2D eigenvalue weighted by Crippen LogP contribution is 2.30. The van der Waals surface area contributed by atoms with Crippen molar-refractivity contribution in [2.75, 3.05) is 20.0 Å². The van der Waals surface area contributed by atoms with E-state index in [1.54, 1.807) is 42.6 Å². The number of aromatic nitrogens is 2. The number of hydrogen-bond acceptors (Lipinski definition) is 6. The molecule has 1 N–H and O–H groups in total. The molecule has 1 atom stereocenters. The van der Waals surface area contributed by atoms with Crippen LogP contribution in [0, 0.1) is 0 Å². The van der Waals surface area contributed by atoms with Crippen LogP contribution in [0.4, 0.5) is 0 Å². The van der Waals surface area contributed by atoms with E-state index in [1.165, 1.54) is 7.11 Å². The highest BCUT2D eigenvalue weighted by Gasteiger charge is 2.20. The maximum atomic E-state index is 12.9. The van der Waals surface area contributed by atoms with Crippen molar-refractivity contribution in [3.05, 3.63) is 81.4 Å². The molecule has 1 heterocycles. The second-order valence-corrected chi connectivity index (χ2v) is 9.63. The van der Waals surface area contributed by atoms with Crippen LogP contribution >= 0.6 is 23.2 Å². The van der Waals surface area contributed by atoms with Gasteiger partial charge in [0.15, 0.2) is 5.82 Å². The number of nitrogens with zero attached hydrogens (tertiary/aromatic N) is 1. The summed E-state index contributed by atoms with van der Waals surface area (Å²) >= 11 is 12.2. The van der Waals surface area contributed by atoms with Crippen molar-refractivity contribution in [3.63, 3.8) is 0 Å². The average molecular weight is 497 g/mol. The van der Waals surface area contributed by atoms with Gasteiger partial charge in [-0.1, -0.05) is 41.4 Å². The lowest BCUT2D eigenvalue weighted by atomic mass is 9.91. The molecular weight excluding hydrogens is 475 g/mol. The van der Waals surface area contributed by atoms with Gasteiger partial charge >= 0.3 is 0 Å². The van der Waals surface area contributed by atoms with E-state index < -0.39 is 10.1 Å². The lowest BCUT2D eigenvalue weighted by Gasteiger charge is -2.17. The fourth-order valence-corrected chi connectivity index (χ4v) is 4.00. The SMILES string of the molecule is COc1ccccc1C(=O)c1ncc(CC(CCOS(C)(=O)=O)c2ccc(Cl)c(Cl)c2)[nH]1. The van der Waals surface area contributed by atoms with Crippen LogP contribution in [0.1, 0.15) is 39.8 Å². The Kier molecular flexibility index (Phi) is 7.95. The molecule has 7 nitrogen and oxygen atoms in total. The minimum atomic E-state index is -3.56. The molecule has 0 aliphatic carbocycles. The Hall–Kier alpha value is -2.39. The second kappa shape index (κ2) is 10.5. The predicted molar refractivity (Wildman–Crippen MR) is 123 cm³/mol. The molecule has 2 aromatic carbocycles. The molecule has 0 radical (unpaired) electrons. The molecule has 0 amide bonds. The average Bonchev–Trinajstić information content (AvgIpc) is 3.22. The van der Waals surface area contributed by atoms with Crippen LogP contribution in [-0.2, 0) is 20.7 Å². The van der Waals surface area contributed by atoms with Crippen molar-refractivity contribution in [1.29, 1.82) is 0 Å². The van der Waals surface area contributed by atoms with E-state index in [1.807, 2.05) is 6.07 Å². The van der Waals surface area contributed by atoms with Crippen LogP contribution in [0.2, 0.25) is 10.0 Å². The molecule has 0 bridgehead atoms. The number of hydrogen-bond donors (Lipinski definition) is 1.